The molecule has 0 aliphatic carbocycles. The van der Waals surface area contributed by atoms with Crippen LogP contribution in [0.5, 0.6) is 17.6 Å². The van der Waals surface area contributed by atoms with Gasteiger partial charge in [0.2, 0.25) is 17.6 Å². The maximum atomic E-state index is 9.31. The lowest BCUT2D eigenvalue weighted by atomic mass is 9.99. The maximum absolute atomic E-state index is 9.31. The van der Waals surface area contributed by atoms with Crippen molar-refractivity contribution in [2.24, 2.45) is 4.99 Å². The Bertz CT molecular complexity index is 2120. The van der Waals surface area contributed by atoms with Crippen LogP contribution in [0.25, 0.3) is 22.4 Å². The predicted molar refractivity (Wildman–Crippen MR) is 201 cm³/mol. The highest BCUT2D eigenvalue weighted by Gasteiger charge is 2.20. The number of aryl methyl sites for hydroxylation is 1. The summed E-state index contributed by atoms with van der Waals surface area (Å²) in [6, 6.07) is 21.0. The molecule has 0 fully saturated rings. The molecule has 0 unspecified atom stereocenters. The fraction of sp³-hybridized carbons (Fsp3) is 0.237. The van der Waals surface area contributed by atoms with Gasteiger partial charge in [-0.25, -0.2) is 4.98 Å². The third kappa shape index (κ3) is 8.43. The van der Waals surface area contributed by atoms with Crippen LogP contribution in [0.2, 0.25) is 10.0 Å². The summed E-state index contributed by atoms with van der Waals surface area (Å²) in [4.78, 5) is 18.1. The van der Waals surface area contributed by atoms with Gasteiger partial charge in [-0.05, 0) is 59.5 Å². The van der Waals surface area contributed by atoms with Gasteiger partial charge in [-0.3, -0.25) is 9.98 Å². The number of pyridine rings is 3. The van der Waals surface area contributed by atoms with Crippen molar-refractivity contribution in [3.8, 4) is 46.1 Å². The minimum absolute atomic E-state index is 0.0983. The standard InChI is InChI=1S/C38H33BrCl2N6O4/c1-49-37-30(35-44-13-14-45-35)11-12-32(46-37)29-10-5-9-28(34(29)41)27-8-4-7-26(33(27)40)22-51-38-31(39)17-25(6-2-3-15-48)36(47-38)50-21-24-16-23(18-42)19-43-20-24/h4-5,7-12,16-17,19-20,48H,2-3,6,13-15,21-22H2,1H3,(H,44,45). The van der Waals surface area contributed by atoms with Gasteiger partial charge in [0.15, 0.2) is 0 Å². The Balaban J connectivity index is 1.24. The van der Waals surface area contributed by atoms with E-state index >= 15 is 0 Å². The van der Waals surface area contributed by atoms with Crippen LogP contribution in [0.3, 0.4) is 0 Å². The van der Waals surface area contributed by atoms with Gasteiger partial charge in [0.1, 0.15) is 25.1 Å². The van der Waals surface area contributed by atoms with Gasteiger partial charge in [-0.2, -0.15) is 10.2 Å². The molecule has 1 aliphatic rings. The molecule has 10 nitrogen and oxygen atoms in total. The third-order valence-corrected chi connectivity index (χ3v) is 9.55. The average molecular weight is 789 g/mol. The van der Waals surface area contributed by atoms with Crippen LogP contribution in [0, 0.1) is 11.3 Å². The van der Waals surface area contributed by atoms with Crippen LogP contribution >= 0.6 is 39.1 Å². The lowest BCUT2D eigenvalue weighted by Crippen LogP contribution is -2.20. The molecule has 0 saturated carbocycles. The van der Waals surface area contributed by atoms with Gasteiger partial charge in [-0.1, -0.05) is 59.6 Å². The summed E-state index contributed by atoms with van der Waals surface area (Å²) in [5, 5.41) is 22.8. The molecule has 260 valence electrons. The van der Waals surface area contributed by atoms with E-state index in [-0.39, 0.29) is 19.8 Å². The number of halogens is 3. The van der Waals surface area contributed by atoms with Crippen molar-refractivity contribution in [2.45, 2.75) is 32.5 Å². The van der Waals surface area contributed by atoms with Gasteiger partial charge in [0.25, 0.3) is 0 Å². The van der Waals surface area contributed by atoms with Gasteiger partial charge < -0.3 is 24.6 Å². The number of ether oxygens (including phenoxy) is 3. The number of amidine groups is 1. The molecule has 0 spiro atoms. The van der Waals surface area contributed by atoms with Crippen molar-refractivity contribution < 1.29 is 19.3 Å². The summed E-state index contributed by atoms with van der Waals surface area (Å²) in [7, 11) is 1.58. The van der Waals surface area contributed by atoms with E-state index in [9.17, 15) is 10.4 Å². The van der Waals surface area contributed by atoms with E-state index in [1.807, 2.05) is 54.6 Å². The molecule has 51 heavy (non-hydrogen) atoms. The van der Waals surface area contributed by atoms with Gasteiger partial charge >= 0.3 is 0 Å². The topological polar surface area (TPSA) is 135 Å². The molecule has 0 bridgehead atoms. The molecule has 0 saturated heterocycles. The Kier molecular flexibility index (Phi) is 12.0. The summed E-state index contributed by atoms with van der Waals surface area (Å²) in [5.74, 6) is 1.93. The summed E-state index contributed by atoms with van der Waals surface area (Å²) in [6.45, 7) is 1.86. The van der Waals surface area contributed by atoms with Crippen LogP contribution in [0.15, 0.2) is 82.5 Å². The summed E-state index contributed by atoms with van der Waals surface area (Å²) >= 11 is 17.7. The van der Waals surface area contributed by atoms with Crippen molar-refractivity contribution >= 4 is 45.0 Å². The third-order valence-electron chi connectivity index (χ3n) is 8.13. The molecule has 0 radical (unpaired) electrons. The zero-order valence-corrected chi connectivity index (χ0v) is 30.7. The van der Waals surface area contributed by atoms with E-state index in [1.54, 1.807) is 19.4 Å². The van der Waals surface area contributed by atoms with Crippen molar-refractivity contribution in [3.05, 3.63) is 115 Å². The number of unbranched alkanes of at least 4 members (excludes halogenated alkanes) is 1. The van der Waals surface area contributed by atoms with Crippen LogP contribution < -0.4 is 19.5 Å². The van der Waals surface area contributed by atoms with Crippen LogP contribution in [-0.2, 0) is 19.6 Å². The second-order valence-corrected chi connectivity index (χ2v) is 13.2. The predicted octanol–water partition coefficient (Wildman–Crippen LogP) is 7.98. The number of methoxy groups -OCH3 is 1. The summed E-state index contributed by atoms with van der Waals surface area (Å²) in [5.41, 5.74) is 6.41. The molecule has 2 N–H and O–H groups in total. The summed E-state index contributed by atoms with van der Waals surface area (Å²) < 4.78 is 18.6. The Morgan fingerprint density at radius 1 is 0.863 bits per heavy atom. The lowest BCUT2D eigenvalue weighted by Gasteiger charge is -2.16. The average Bonchev–Trinajstić information content (AvgIpc) is 3.70. The summed E-state index contributed by atoms with van der Waals surface area (Å²) in [6.07, 6.45) is 5.19. The molecule has 6 rings (SSSR count). The number of nitrogens with one attached hydrogen (secondary N) is 1. The minimum Gasteiger partial charge on any atom is -0.480 e. The Labute approximate surface area is 314 Å². The second-order valence-electron chi connectivity index (χ2n) is 11.5. The first-order valence-electron chi connectivity index (χ1n) is 16.2. The normalized spacial score (nSPS) is 12.2. The Morgan fingerprint density at radius 3 is 2.41 bits per heavy atom. The lowest BCUT2D eigenvalue weighted by molar-refractivity contribution is 0.262. The maximum Gasteiger partial charge on any atom is 0.231 e. The van der Waals surface area contributed by atoms with E-state index in [1.165, 1.54) is 6.20 Å². The minimum atomic E-state index is 0.0983. The number of aromatic nitrogens is 3. The highest BCUT2D eigenvalue weighted by atomic mass is 79.9. The van der Waals surface area contributed by atoms with Gasteiger partial charge in [0, 0.05) is 58.9 Å². The zero-order valence-electron chi connectivity index (χ0n) is 27.6. The molecular weight excluding hydrogens is 755 g/mol. The van der Waals surface area contributed by atoms with E-state index in [0.717, 1.165) is 57.7 Å². The fourth-order valence-electron chi connectivity index (χ4n) is 5.59. The number of aliphatic imine (C=N–C) groups is 1. The van der Waals surface area contributed by atoms with Gasteiger partial charge in [-0.15, -0.1) is 0 Å². The number of nitrogens with zero attached hydrogens (tertiary/aromatic N) is 5. The monoisotopic (exact) mass is 786 g/mol. The highest BCUT2D eigenvalue weighted by Crippen LogP contribution is 2.41. The van der Waals surface area contributed by atoms with Crippen LogP contribution in [0.1, 0.15) is 40.7 Å². The highest BCUT2D eigenvalue weighted by molar-refractivity contribution is 9.10. The second kappa shape index (κ2) is 17.0. The first-order valence-corrected chi connectivity index (χ1v) is 17.7. The molecule has 0 atom stereocenters. The number of benzene rings is 2. The zero-order chi connectivity index (χ0) is 35.7. The number of aliphatic hydroxyl groups is 1. The van der Waals surface area contributed by atoms with Crippen molar-refractivity contribution in [3.63, 3.8) is 0 Å². The number of hydrogen-bond acceptors (Lipinski definition) is 10. The first kappa shape index (κ1) is 36.1. The van der Waals surface area contributed by atoms with Crippen LogP contribution in [-0.4, -0.2) is 52.7 Å². The fourth-order valence-corrected chi connectivity index (χ4v) is 6.68. The molecule has 1 aliphatic heterocycles. The molecule has 2 aromatic carbocycles. The number of aliphatic hydroxyl groups excluding tert-OH is 1. The van der Waals surface area contributed by atoms with Crippen molar-refractivity contribution in [1.82, 2.24) is 20.3 Å². The molecule has 0 amide bonds. The molecule has 3 aromatic heterocycles. The number of nitriles is 1. The van der Waals surface area contributed by atoms with E-state index in [2.05, 4.69) is 37.3 Å². The van der Waals surface area contributed by atoms with E-state index < -0.39 is 0 Å². The smallest absolute Gasteiger partial charge is 0.231 e. The molecule has 5 aromatic rings. The van der Waals surface area contributed by atoms with E-state index in [4.69, 9.17) is 47.4 Å². The van der Waals surface area contributed by atoms with Crippen molar-refractivity contribution in [1.29, 1.82) is 5.26 Å². The van der Waals surface area contributed by atoms with E-state index in [0.29, 0.717) is 62.8 Å². The first-order chi connectivity index (χ1) is 24.9. The number of rotatable bonds is 14. The van der Waals surface area contributed by atoms with Crippen molar-refractivity contribution in [2.75, 3.05) is 26.8 Å². The van der Waals surface area contributed by atoms with Crippen LogP contribution in [0.4, 0.5) is 0 Å². The Hall–Kier alpha value is -4.73. The molecular formula is C38H33BrCl2N6O4. The SMILES string of the molecule is COc1nc(-c2cccc(-c3cccc(COc4nc(OCc5cncc(C#N)c5)c(CCCCO)cc4Br)c3Cl)c2Cl)ccc1C1=NCCN1. The number of hydrogen-bond donors (Lipinski definition) is 2. The largest absolute Gasteiger partial charge is 0.480 e. The van der Waals surface area contributed by atoms with Gasteiger partial charge in [0.05, 0.1) is 45.0 Å². The Morgan fingerprint density at radius 2 is 1.65 bits per heavy atom. The molecule has 13 heteroatoms. The quantitative estimate of drug-likeness (QED) is 0.108. The molecule has 4 heterocycles.